The van der Waals surface area contributed by atoms with Crippen LogP contribution >= 0.6 is 11.8 Å². The summed E-state index contributed by atoms with van der Waals surface area (Å²) in [5.74, 6) is -5.08. The molecule has 1 heterocycles. The van der Waals surface area contributed by atoms with Gasteiger partial charge in [0.05, 0.1) is 0 Å². The first-order valence-corrected chi connectivity index (χ1v) is 9.36. The van der Waals surface area contributed by atoms with E-state index in [-0.39, 0.29) is 5.69 Å². The predicted molar refractivity (Wildman–Crippen MR) is 88.7 cm³/mol. The zero-order valence-corrected chi connectivity index (χ0v) is 14.8. The summed E-state index contributed by atoms with van der Waals surface area (Å²) in [7, 11) is -2.64. The van der Waals surface area contributed by atoms with E-state index in [9.17, 15) is 21.6 Å². The standard InChI is InChI=1S/C15H11F3N4O2S2/c1-22-8-19-20-15(22)25-10-4-2-9(3-5-10)21-26(23,24)12-7-6-11(16)13(17)14(12)18/h2-8,21H,1H3. The van der Waals surface area contributed by atoms with Crippen LogP contribution in [0.4, 0.5) is 18.9 Å². The minimum Gasteiger partial charge on any atom is -0.311 e. The number of rotatable bonds is 5. The molecule has 0 aliphatic heterocycles. The fraction of sp³-hybridized carbons (Fsp3) is 0.0667. The molecule has 3 rings (SSSR count). The summed E-state index contributed by atoms with van der Waals surface area (Å²) < 4.78 is 68.2. The Labute approximate surface area is 151 Å². The topological polar surface area (TPSA) is 76.9 Å². The van der Waals surface area contributed by atoms with Crippen LogP contribution in [0.15, 0.2) is 57.7 Å². The summed E-state index contributed by atoms with van der Waals surface area (Å²) in [5, 5.41) is 8.30. The van der Waals surface area contributed by atoms with Gasteiger partial charge in [0.2, 0.25) is 0 Å². The molecule has 0 aliphatic rings. The van der Waals surface area contributed by atoms with Crippen molar-refractivity contribution in [2.75, 3.05) is 4.72 Å². The van der Waals surface area contributed by atoms with Gasteiger partial charge in [-0.15, -0.1) is 10.2 Å². The first-order chi connectivity index (χ1) is 12.3. The zero-order valence-electron chi connectivity index (χ0n) is 13.1. The molecule has 136 valence electrons. The van der Waals surface area contributed by atoms with Crippen molar-refractivity contribution >= 4 is 27.5 Å². The van der Waals surface area contributed by atoms with E-state index in [1.807, 2.05) is 0 Å². The highest BCUT2D eigenvalue weighted by molar-refractivity contribution is 7.99. The lowest BCUT2D eigenvalue weighted by Crippen LogP contribution is -2.15. The molecule has 0 fully saturated rings. The molecule has 6 nitrogen and oxygen atoms in total. The average Bonchev–Trinajstić information content (AvgIpc) is 2.99. The van der Waals surface area contributed by atoms with E-state index in [1.54, 1.807) is 30.1 Å². The second kappa shape index (κ2) is 7.00. The molecule has 0 unspecified atom stereocenters. The Morgan fingerprint density at radius 2 is 1.73 bits per heavy atom. The summed E-state index contributed by atoms with van der Waals surface area (Å²) in [4.78, 5) is -0.211. The van der Waals surface area contributed by atoms with Crippen molar-refractivity contribution in [2.45, 2.75) is 14.9 Å². The van der Waals surface area contributed by atoms with Crippen LogP contribution in [-0.2, 0) is 17.1 Å². The first-order valence-electron chi connectivity index (χ1n) is 7.06. The van der Waals surface area contributed by atoms with E-state index in [4.69, 9.17) is 0 Å². The van der Waals surface area contributed by atoms with Crippen LogP contribution in [-0.4, -0.2) is 23.2 Å². The lowest BCUT2D eigenvalue weighted by Gasteiger charge is -2.10. The molecule has 0 spiro atoms. The molecule has 1 aromatic heterocycles. The lowest BCUT2D eigenvalue weighted by molar-refractivity contribution is 0.432. The number of hydrogen-bond donors (Lipinski definition) is 1. The summed E-state index contributed by atoms with van der Waals surface area (Å²) in [6, 6.07) is 7.36. The Balaban J connectivity index is 1.80. The molecule has 2 aromatic carbocycles. The van der Waals surface area contributed by atoms with Crippen LogP contribution in [0.5, 0.6) is 0 Å². The average molecular weight is 400 g/mol. The normalized spacial score (nSPS) is 11.5. The van der Waals surface area contributed by atoms with E-state index in [0.29, 0.717) is 17.3 Å². The predicted octanol–water partition coefficient (Wildman–Crippen LogP) is 3.18. The molecule has 3 aromatic rings. The highest BCUT2D eigenvalue weighted by Crippen LogP contribution is 2.27. The Kier molecular flexibility index (Phi) is 4.92. The van der Waals surface area contributed by atoms with Gasteiger partial charge in [-0.25, -0.2) is 21.6 Å². The third kappa shape index (κ3) is 3.68. The number of nitrogens with zero attached hydrogens (tertiary/aromatic N) is 3. The zero-order chi connectivity index (χ0) is 18.9. The fourth-order valence-corrected chi connectivity index (χ4v) is 3.88. The van der Waals surface area contributed by atoms with Gasteiger partial charge < -0.3 is 4.57 Å². The van der Waals surface area contributed by atoms with Crippen molar-refractivity contribution in [1.82, 2.24) is 14.8 Å². The van der Waals surface area contributed by atoms with Gasteiger partial charge in [0, 0.05) is 17.6 Å². The van der Waals surface area contributed by atoms with E-state index in [2.05, 4.69) is 14.9 Å². The third-order valence-electron chi connectivity index (χ3n) is 3.27. The Hall–Kier alpha value is -2.53. The van der Waals surface area contributed by atoms with Gasteiger partial charge in [-0.3, -0.25) is 4.72 Å². The van der Waals surface area contributed by atoms with E-state index >= 15 is 0 Å². The monoisotopic (exact) mass is 400 g/mol. The second-order valence-electron chi connectivity index (χ2n) is 5.13. The summed E-state index contributed by atoms with van der Waals surface area (Å²) >= 11 is 1.31. The van der Waals surface area contributed by atoms with Crippen LogP contribution in [0, 0.1) is 17.5 Å². The van der Waals surface area contributed by atoms with E-state index in [0.717, 1.165) is 4.90 Å². The highest BCUT2D eigenvalue weighted by atomic mass is 32.2. The largest absolute Gasteiger partial charge is 0.311 e. The summed E-state index contributed by atoms with van der Waals surface area (Å²) in [6.07, 6.45) is 1.54. The minimum atomic E-state index is -4.42. The molecule has 26 heavy (non-hydrogen) atoms. The van der Waals surface area contributed by atoms with Gasteiger partial charge in [-0.1, -0.05) is 0 Å². The summed E-state index contributed by atoms with van der Waals surface area (Å²) in [6.45, 7) is 0. The first kappa shape index (κ1) is 18.3. The molecule has 0 atom stereocenters. The van der Waals surface area contributed by atoms with Crippen molar-refractivity contribution in [3.8, 4) is 0 Å². The quantitative estimate of drug-likeness (QED) is 0.666. The molecule has 0 saturated carbocycles. The molecule has 0 aliphatic carbocycles. The molecular formula is C15H11F3N4O2S2. The van der Waals surface area contributed by atoms with Gasteiger partial charge >= 0.3 is 0 Å². The Bertz CT molecular complexity index is 1050. The van der Waals surface area contributed by atoms with Crippen molar-refractivity contribution in [3.63, 3.8) is 0 Å². The number of hydrogen-bond acceptors (Lipinski definition) is 5. The van der Waals surface area contributed by atoms with Gasteiger partial charge in [-0.2, -0.15) is 0 Å². The number of aryl methyl sites for hydroxylation is 1. The Morgan fingerprint density at radius 3 is 2.35 bits per heavy atom. The van der Waals surface area contributed by atoms with Crippen LogP contribution in [0.1, 0.15) is 0 Å². The molecular weight excluding hydrogens is 389 g/mol. The Morgan fingerprint density at radius 1 is 1.04 bits per heavy atom. The summed E-state index contributed by atoms with van der Waals surface area (Å²) in [5.41, 5.74) is 0.136. The maximum atomic E-state index is 13.7. The van der Waals surface area contributed by atoms with Crippen LogP contribution < -0.4 is 4.72 Å². The number of nitrogens with one attached hydrogen (secondary N) is 1. The van der Waals surface area contributed by atoms with Crippen molar-refractivity contribution in [1.29, 1.82) is 0 Å². The highest BCUT2D eigenvalue weighted by Gasteiger charge is 2.24. The minimum absolute atomic E-state index is 0.136. The molecule has 0 saturated heterocycles. The number of anilines is 1. The van der Waals surface area contributed by atoms with Gasteiger partial charge in [-0.05, 0) is 48.2 Å². The number of halogens is 3. The second-order valence-corrected chi connectivity index (χ2v) is 7.82. The maximum absolute atomic E-state index is 13.7. The van der Waals surface area contributed by atoms with Crippen LogP contribution in [0.2, 0.25) is 0 Å². The number of sulfonamides is 1. The van der Waals surface area contributed by atoms with Crippen molar-refractivity contribution in [3.05, 3.63) is 60.2 Å². The van der Waals surface area contributed by atoms with Gasteiger partial charge in [0.25, 0.3) is 10.0 Å². The van der Waals surface area contributed by atoms with Crippen molar-refractivity contribution < 1.29 is 21.6 Å². The van der Waals surface area contributed by atoms with Gasteiger partial charge in [0.15, 0.2) is 22.6 Å². The van der Waals surface area contributed by atoms with Crippen molar-refractivity contribution in [2.24, 2.45) is 7.05 Å². The molecule has 0 bridgehead atoms. The van der Waals surface area contributed by atoms with Crippen LogP contribution in [0.3, 0.4) is 0 Å². The van der Waals surface area contributed by atoms with Gasteiger partial charge in [0.1, 0.15) is 11.2 Å². The van der Waals surface area contributed by atoms with E-state index in [1.165, 1.54) is 23.9 Å². The van der Waals surface area contributed by atoms with Crippen LogP contribution in [0.25, 0.3) is 0 Å². The smallest absolute Gasteiger partial charge is 0.264 e. The molecule has 0 amide bonds. The molecule has 0 radical (unpaired) electrons. The number of aromatic nitrogens is 3. The van der Waals surface area contributed by atoms with E-state index < -0.39 is 32.4 Å². The lowest BCUT2D eigenvalue weighted by atomic mass is 10.3. The molecule has 1 N–H and O–H groups in total. The third-order valence-corrected chi connectivity index (χ3v) is 5.73. The maximum Gasteiger partial charge on any atom is 0.264 e. The number of benzene rings is 2. The molecule has 11 heteroatoms. The SMILES string of the molecule is Cn1cnnc1Sc1ccc(NS(=O)(=O)c2ccc(F)c(F)c2F)cc1. The fourth-order valence-electron chi connectivity index (χ4n) is 1.99.